The number of hydrogen-bond acceptors (Lipinski definition) is 3. The lowest BCUT2D eigenvalue weighted by Crippen LogP contribution is -2.39. The normalized spacial score (nSPS) is 17.2. The summed E-state index contributed by atoms with van der Waals surface area (Å²) in [6.45, 7) is 4.55. The van der Waals surface area contributed by atoms with Gasteiger partial charge in [-0.3, -0.25) is 4.79 Å². The first-order chi connectivity index (χ1) is 12.2. The van der Waals surface area contributed by atoms with E-state index in [1.807, 2.05) is 34.9 Å². The number of piperidine rings is 1. The van der Waals surface area contributed by atoms with Crippen molar-refractivity contribution in [2.24, 2.45) is 0 Å². The Morgan fingerprint density at radius 2 is 2.00 bits per heavy atom. The summed E-state index contributed by atoms with van der Waals surface area (Å²) in [6, 6.07) is 14.5. The lowest BCUT2D eigenvalue weighted by molar-refractivity contribution is 0.0727. The number of thioether (sulfide) groups is 1. The molecule has 0 atom stereocenters. The molecule has 4 heteroatoms. The third-order valence-corrected chi connectivity index (χ3v) is 6.29. The molecule has 0 spiro atoms. The number of fused-ring (bicyclic) bond motifs is 1. The molecule has 130 valence electrons. The number of hydrogen-bond donors (Lipinski definition) is 0. The van der Waals surface area contributed by atoms with E-state index in [9.17, 15) is 4.79 Å². The van der Waals surface area contributed by atoms with Crippen LogP contribution in [0.3, 0.4) is 0 Å². The van der Waals surface area contributed by atoms with Gasteiger partial charge in [-0.1, -0.05) is 17.7 Å². The minimum Gasteiger partial charge on any atom is -0.493 e. The summed E-state index contributed by atoms with van der Waals surface area (Å²) in [7, 11) is 0. The molecule has 2 aromatic rings. The summed E-state index contributed by atoms with van der Waals surface area (Å²) in [5, 5.41) is 0.597. The molecule has 3 nitrogen and oxygen atoms in total. The predicted molar refractivity (Wildman–Crippen MR) is 102 cm³/mol. The number of ether oxygens (including phenoxy) is 1. The molecular formula is C21H23NO2S. The number of aryl methyl sites for hydroxylation is 1. The van der Waals surface area contributed by atoms with Gasteiger partial charge in [0.2, 0.25) is 0 Å². The molecule has 0 saturated carbocycles. The molecule has 25 heavy (non-hydrogen) atoms. The van der Waals surface area contributed by atoms with Gasteiger partial charge >= 0.3 is 0 Å². The third kappa shape index (κ3) is 3.69. The topological polar surface area (TPSA) is 29.5 Å². The smallest absolute Gasteiger partial charge is 0.253 e. The number of rotatable bonds is 3. The van der Waals surface area contributed by atoms with Crippen LogP contribution in [0.25, 0.3) is 0 Å². The van der Waals surface area contributed by atoms with E-state index in [0.29, 0.717) is 5.25 Å². The maximum Gasteiger partial charge on any atom is 0.253 e. The van der Waals surface area contributed by atoms with E-state index >= 15 is 0 Å². The Kier molecular flexibility index (Phi) is 4.71. The minimum absolute atomic E-state index is 0.161. The van der Waals surface area contributed by atoms with Gasteiger partial charge in [0.25, 0.3) is 5.91 Å². The molecule has 0 aliphatic carbocycles. The van der Waals surface area contributed by atoms with E-state index in [-0.39, 0.29) is 5.91 Å². The van der Waals surface area contributed by atoms with E-state index in [2.05, 4.69) is 31.2 Å². The van der Waals surface area contributed by atoms with Crippen LogP contribution in [0.5, 0.6) is 5.75 Å². The van der Waals surface area contributed by atoms with Crippen LogP contribution in [-0.4, -0.2) is 35.8 Å². The second-order valence-electron chi connectivity index (χ2n) is 6.85. The van der Waals surface area contributed by atoms with E-state index in [1.54, 1.807) is 0 Å². The lowest BCUT2D eigenvalue weighted by atomic mass is 10.1. The van der Waals surface area contributed by atoms with Crippen molar-refractivity contribution >= 4 is 17.7 Å². The number of likely N-dealkylation sites (tertiary alicyclic amines) is 1. The van der Waals surface area contributed by atoms with Crippen LogP contribution in [-0.2, 0) is 6.42 Å². The highest BCUT2D eigenvalue weighted by molar-refractivity contribution is 8.00. The van der Waals surface area contributed by atoms with Crippen LogP contribution >= 0.6 is 11.8 Å². The van der Waals surface area contributed by atoms with Gasteiger partial charge in [-0.15, -0.1) is 11.8 Å². The largest absolute Gasteiger partial charge is 0.493 e. The molecule has 0 bridgehead atoms. The standard InChI is InChI=1S/C21H23NO2S/c1-15-3-2-4-19(13-15)25-18-7-10-22(11-8-18)21(23)17-5-6-20-16(14-17)9-12-24-20/h2-6,13-14,18H,7-12H2,1H3. The molecule has 1 saturated heterocycles. The quantitative estimate of drug-likeness (QED) is 0.823. The summed E-state index contributed by atoms with van der Waals surface area (Å²) >= 11 is 1.95. The summed E-state index contributed by atoms with van der Waals surface area (Å²) in [5.74, 6) is 1.10. The van der Waals surface area contributed by atoms with Crippen molar-refractivity contribution in [1.82, 2.24) is 4.90 Å². The molecule has 2 aliphatic heterocycles. The molecule has 2 heterocycles. The Labute approximate surface area is 153 Å². The predicted octanol–water partition coefficient (Wildman–Crippen LogP) is 4.33. The molecule has 2 aromatic carbocycles. The summed E-state index contributed by atoms with van der Waals surface area (Å²) < 4.78 is 5.53. The highest BCUT2D eigenvalue weighted by Gasteiger charge is 2.25. The number of carbonyl (C=O) groups excluding carboxylic acids is 1. The van der Waals surface area contributed by atoms with Crippen molar-refractivity contribution in [3.63, 3.8) is 0 Å². The highest BCUT2D eigenvalue weighted by Crippen LogP contribution is 2.32. The summed E-state index contributed by atoms with van der Waals surface area (Å²) in [4.78, 5) is 16.1. The van der Waals surface area contributed by atoms with Crippen LogP contribution in [0.2, 0.25) is 0 Å². The van der Waals surface area contributed by atoms with Crippen LogP contribution in [0, 0.1) is 6.92 Å². The Morgan fingerprint density at radius 3 is 2.80 bits per heavy atom. The van der Waals surface area contributed by atoms with Crippen molar-refractivity contribution in [3.05, 3.63) is 59.2 Å². The summed E-state index contributed by atoms with van der Waals surface area (Å²) in [6.07, 6.45) is 3.02. The zero-order valence-electron chi connectivity index (χ0n) is 14.5. The average molecular weight is 353 g/mol. The molecule has 0 N–H and O–H groups in total. The van der Waals surface area contributed by atoms with Gasteiger partial charge < -0.3 is 9.64 Å². The van der Waals surface area contributed by atoms with Crippen LogP contribution in [0.4, 0.5) is 0 Å². The van der Waals surface area contributed by atoms with E-state index in [0.717, 1.165) is 55.8 Å². The van der Waals surface area contributed by atoms with Crippen LogP contribution < -0.4 is 4.74 Å². The minimum atomic E-state index is 0.161. The Balaban J connectivity index is 1.36. The van der Waals surface area contributed by atoms with E-state index in [1.165, 1.54) is 10.5 Å². The molecule has 0 unspecified atom stereocenters. The fourth-order valence-corrected chi connectivity index (χ4v) is 4.80. The fraction of sp³-hybridized carbons (Fsp3) is 0.381. The first kappa shape index (κ1) is 16.5. The van der Waals surface area contributed by atoms with Crippen molar-refractivity contribution in [1.29, 1.82) is 0 Å². The molecule has 1 amide bonds. The average Bonchev–Trinajstić information content (AvgIpc) is 3.09. The van der Waals surface area contributed by atoms with Crippen LogP contribution in [0.15, 0.2) is 47.4 Å². The third-order valence-electron chi connectivity index (χ3n) is 4.96. The van der Waals surface area contributed by atoms with Gasteiger partial charge in [0, 0.05) is 35.2 Å². The van der Waals surface area contributed by atoms with Crippen molar-refractivity contribution < 1.29 is 9.53 Å². The SMILES string of the molecule is Cc1cccc(SC2CCN(C(=O)c3ccc4c(c3)CCO4)CC2)c1. The Hall–Kier alpha value is -1.94. The number of nitrogens with zero attached hydrogens (tertiary/aromatic N) is 1. The van der Waals surface area contributed by atoms with E-state index < -0.39 is 0 Å². The first-order valence-electron chi connectivity index (χ1n) is 8.97. The Bertz CT molecular complexity index is 781. The second kappa shape index (κ2) is 7.12. The Morgan fingerprint density at radius 1 is 1.16 bits per heavy atom. The molecule has 0 aromatic heterocycles. The van der Waals surface area contributed by atoms with Crippen molar-refractivity contribution in [3.8, 4) is 5.75 Å². The van der Waals surface area contributed by atoms with Gasteiger partial charge in [-0.25, -0.2) is 0 Å². The molecule has 4 rings (SSSR count). The fourth-order valence-electron chi connectivity index (χ4n) is 3.56. The molecule has 0 radical (unpaired) electrons. The van der Waals surface area contributed by atoms with Crippen LogP contribution in [0.1, 0.15) is 34.3 Å². The van der Waals surface area contributed by atoms with Gasteiger partial charge in [0.05, 0.1) is 6.61 Å². The van der Waals surface area contributed by atoms with Gasteiger partial charge in [-0.05, 0) is 55.7 Å². The van der Waals surface area contributed by atoms with Crippen molar-refractivity contribution in [2.75, 3.05) is 19.7 Å². The second-order valence-corrected chi connectivity index (χ2v) is 8.22. The maximum atomic E-state index is 12.8. The number of carbonyl (C=O) groups is 1. The summed E-state index contributed by atoms with van der Waals surface area (Å²) in [5.41, 5.74) is 3.27. The number of amides is 1. The molecule has 2 aliphatic rings. The molecular weight excluding hydrogens is 330 g/mol. The lowest BCUT2D eigenvalue weighted by Gasteiger charge is -2.32. The molecule has 1 fully saturated rings. The maximum absolute atomic E-state index is 12.8. The van der Waals surface area contributed by atoms with Gasteiger partial charge in [0.1, 0.15) is 5.75 Å². The first-order valence-corrected chi connectivity index (χ1v) is 9.85. The van der Waals surface area contributed by atoms with Gasteiger partial charge in [0.15, 0.2) is 0 Å². The zero-order chi connectivity index (χ0) is 17.2. The number of benzene rings is 2. The zero-order valence-corrected chi connectivity index (χ0v) is 15.3. The highest BCUT2D eigenvalue weighted by atomic mass is 32.2. The van der Waals surface area contributed by atoms with Crippen molar-refractivity contribution in [2.45, 2.75) is 36.3 Å². The van der Waals surface area contributed by atoms with E-state index in [4.69, 9.17) is 4.74 Å². The monoisotopic (exact) mass is 353 g/mol. The van der Waals surface area contributed by atoms with Gasteiger partial charge in [-0.2, -0.15) is 0 Å².